The molecule has 0 fully saturated rings. The monoisotopic (exact) mass is 538 g/mol. The lowest BCUT2D eigenvalue weighted by atomic mass is 10.0. The molecular formula is C28H25Cl3N4O. The zero-order valence-electron chi connectivity index (χ0n) is 19.8. The topological polar surface area (TPSA) is 50.2 Å². The van der Waals surface area contributed by atoms with E-state index in [4.69, 9.17) is 34.8 Å². The van der Waals surface area contributed by atoms with Crippen molar-refractivity contribution >= 4 is 57.8 Å². The predicted molar refractivity (Wildman–Crippen MR) is 148 cm³/mol. The predicted octanol–water partition coefficient (Wildman–Crippen LogP) is 7.13. The van der Waals surface area contributed by atoms with Crippen molar-refractivity contribution in [1.29, 1.82) is 0 Å². The third-order valence-corrected chi connectivity index (χ3v) is 7.46. The van der Waals surface area contributed by atoms with Gasteiger partial charge in [0, 0.05) is 49.9 Å². The molecule has 4 aromatic rings. The first kappa shape index (κ1) is 24.8. The van der Waals surface area contributed by atoms with Crippen molar-refractivity contribution in [3.05, 3.63) is 104 Å². The minimum absolute atomic E-state index is 0.132. The van der Waals surface area contributed by atoms with Crippen molar-refractivity contribution in [1.82, 2.24) is 19.8 Å². The van der Waals surface area contributed by atoms with E-state index in [2.05, 4.69) is 40.3 Å². The van der Waals surface area contributed by atoms with Crippen molar-refractivity contribution in [2.75, 3.05) is 13.1 Å². The quantitative estimate of drug-likeness (QED) is 0.274. The normalized spacial score (nSPS) is 13.9. The van der Waals surface area contributed by atoms with Crippen LogP contribution in [0.5, 0.6) is 0 Å². The van der Waals surface area contributed by atoms with Crippen molar-refractivity contribution in [3.8, 4) is 0 Å². The summed E-state index contributed by atoms with van der Waals surface area (Å²) >= 11 is 18.2. The molecule has 1 aliphatic heterocycles. The van der Waals surface area contributed by atoms with Gasteiger partial charge in [-0.3, -0.25) is 9.47 Å². The molecule has 3 heterocycles. The number of nitrogens with one attached hydrogen (secondary N) is 1. The first-order valence-corrected chi connectivity index (χ1v) is 12.9. The van der Waals surface area contributed by atoms with Gasteiger partial charge in [0.25, 0.3) is 0 Å². The lowest BCUT2D eigenvalue weighted by Crippen LogP contribution is -2.34. The number of aromatic nitrogens is 2. The molecule has 1 amide bonds. The number of aryl methyl sites for hydroxylation is 1. The average Bonchev–Trinajstić information content (AvgIpc) is 3.20. The molecular weight excluding hydrogens is 515 g/mol. The molecule has 0 aliphatic carbocycles. The average molecular weight is 540 g/mol. The van der Waals surface area contributed by atoms with E-state index in [0.29, 0.717) is 21.7 Å². The van der Waals surface area contributed by atoms with Gasteiger partial charge in [0.15, 0.2) is 0 Å². The summed E-state index contributed by atoms with van der Waals surface area (Å²) in [6, 6.07) is 15.2. The zero-order chi connectivity index (χ0) is 25.2. The number of hydrogen-bond donors (Lipinski definition) is 1. The van der Waals surface area contributed by atoms with Crippen LogP contribution in [0.25, 0.3) is 17.0 Å². The largest absolute Gasteiger partial charge is 0.333 e. The van der Waals surface area contributed by atoms with E-state index in [1.165, 1.54) is 11.1 Å². The van der Waals surface area contributed by atoms with E-state index < -0.39 is 0 Å². The van der Waals surface area contributed by atoms with E-state index in [9.17, 15) is 4.79 Å². The molecule has 0 bridgehead atoms. The first-order valence-electron chi connectivity index (χ1n) is 11.7. The summed E-state index contributed by atoms with van der Waals surface area (Å²) in [6.45, 7) is 4.93. The van der Waals surface area contributed by atoms with Gasteiger partial charge in [-0.1, -0.05) is 65.2 Å². The summed E-state index contributed by atoms with van der Waals surface area (Å²) in [5.41, 5.74) is 6.34. The molecule has 36 heavy (non-hydrogen) atoms. The molecule has 5 rings (SSSR count). The van der Waals surface area contributed by atoms with E-state index >= 15 is 0 Å². The number of rotatable bonds is 5. The van der Waals surface area contributed by atoms with Crippen molar-refractivity contribution in [3.63, 3.8) is 0 Å². The van der Waals surface area contributed by atoms with Gasteiger partial charge in [-0.15, -0.1) is 0 Å². The van der Waals surface area contributed by atoms with Crippen LogP contribution in [-0.2, 0) is 19.5 Å². The Bertz CT molecular complexity index is 1480. The molecule has 1 aliphatic rings. The highest BCUT2D eigenvalue weighted by molar-refractivity contribution is 6.42. The van der Waals surface area contributed by atoms with Gasteiger partial charge >= 0.3 is 6.03 Å². The molecule has 0 spiro atoms. The molecule has 0 atom stereocenters. The second-order valence-electron chi connectivity index (χ2n) is 8.94. The van der Waals surface area contributed by atoms with E-state index in [1.807, 2.05) is 41.0 Å². The van der Waals surface area contributed by atoms with Crippen LogP contribution in [0.1, 0.15) is 27.9 Å². The van der Waals surface area contributed by atoms with Gasteiger partial charge < -0.3 is 5.32 Å². The van der Waals surface area contributed by atoms with E-state index in [1.54, 1.807) is 12.3 Å². The van der Waals surface area contributed by atoms with Crippen LogP contribution in [0.4, 0.5) is 4.79 Å². The van der Waals surface area contributed by atoms with Crippen LogP contribution in [0.15, 0.2) is 60.8 Å². The Morgan fingerprint density at radius 2 is 1.97 bits per heavy atom. The second-order valence-corrected chi connectivity index (χ2v) is 10.1. The van der Waals surface area contributed by atoms with Gasteiger partial charge in [0.2, 0.25) is 0 Å². The number of carbonyl (C=O) groups excluding carboxylic acids is 1. The maximum Gasteiger partial charge on any atom is 0.326 e. The van der Waals surface area contributed by atoms with Crippen LogP contribution in [0.3, 0.4) is 0 Å². The zero-order valence-corrected chi connectivity index (χ0v) is 22.0. The minimum Gasteiger partial charge on any atom is -0.333 e. The van der Waals surface area contributed by atoms with Crippen molar-refractivity contribution in [2.24, 2.45) is 0 Å². The van der Waals surface area contributed by atoms with Crippen LogP contribution in [0.2, 0.25) is 15.2 Å². The Hall–Kier alpha value is -2.83. The summed E-state index contributed by atoms with van der Waals surface area (Å²) in [6.07, 6.45) is 6.64. The third-order valence-electron chi connectivity index (χ3n) is 6.51. The van der Waals surface area contributed by atoms with Crippen molar-refractivity contribution < 1.29 is 4.79 Å². The number of nitrogens with zero attached hydrogens (tertiary/aromatic N) is 3. The van der Waals surface area contributed by atoms with E-state index in [0.717, 1.165) is 53.8 Å². The SMILES string of the molecule is Cc1cccc2c1c1c(n2C(=O)NCc2ccnc(Cl)c2)CCN(C/C=C/c2ccc(Cl)c(Cl)c2)C1. The lowest BCUT2D eigenvalue weighted by molar-refractivity contribution is 0.240. The first-order chi connectivity index (χ1) is 17.4. The van der Waals surface area contributed by atoms with E-state index in [-0.39, 0.29) is 6.03 Å². The summed E-state index contributed by atoms with van der Waals surface area (Å²) in [4.78, 5) is 19.8. The highest BCUT2D eigenvalue weighted by atomic mass is 35.5. The Balaban J connectivity index is 1.37. The number of pyridine rings is 1. The fourth-order valence-electron chi connectivity index (χ4n) is 4.81. The molecule has 5 nitrogen and oxygen atoms in total. The molecule has 1 N–H and O–H groups in total. The molecule has 184 valence electrons. The van der Waals surface area contributed by atoms with Gasteiger partial charge in [-0.2, -0.15) is 0 Å². The summed E-state index contributed by atoms with van der Waals surface area (Å²) in [7, 11) is 0. The van der Waals surface area contributed by atoms with Crippen LogP contribution in [0, 0.1) is 6.92 Å². The number of benzene rings is 2. The molecule has 0 saturated heterocycles. The third kappa shape index (κ3) is 5.16. The fourth-order valence-corrected chi connectivity index (χ4v) is 5.31. The summed E-state index contributed by atoms with van der Waals surface area (Å²) in [5.74, 6) is 0. The van der Waals surface area contributed by atoms with Gasteiger partial charge in [0.05, 0.1) is 15.6 Å². The van der Waals surface area contributed by atoms with Gasteiger partial charge in [-0.25, -0.2) is 9.78 Å². The Kier molecular flexibility index (Phi) is 7.35. The molecule has 0 radical (unpaired) electrons. The van der Waals surface area contributed by atoms with Gasteiger partial charge in [0.1, 0.15) is 5.15 Å². The van der Waals surface area contributed by atoms with Crippen LogP contribution < -0.4 is 5.32 Å². The second kappa shape index (κ2) is 10.7. The molecule has 0 unspecified atom stereocenters. The number of amides is 1. The number of halogens is 3. The van der Waals surface area contributed by atoms with Crippen LogP contribution in [-0.4, -0.2) is 33.6 Å². The molecule has 2 aromatic carbocycles. The smallest absolute Gasteiger partial charge is 0.326 e. The fraction of sp³-hybridized carbons (Fsp3) is 0.214. The lowest BCUT2D eigenvalue weighted by Gasteiger charge is -2.27. The highest BCUT2D eigenvalue weighted by Gasteiger charge is 2.27. The maximum atomic E-state index is 13.4. The standard InChI is InChI=1S/C28H25Cl3N4O/c1-18-4-2-6-25-27(18)21-17-34(12-3-5-19-7-8-22(29)23(30)14-19)13-10-24(21)35(25)28(36)33-16-20-9-11-32-26(31)15-20/h2-9,11,14-15H,10,12-13,16-17H2,1H3,(H,33,36)/b5-3+. The molecule has 8 heteroatoms. The summed E-state index contributed by atoms with van der Waals surface area (Å²) in [5, 5.41) is 5.73. The van der Waals surface area contributed by atoms with Gasteiger partial charge in [-0.05, 0) is 59.5 Å². The molecule has 2 aromatic heterocycles. The Morgan fingerprint density at radius 3 is 2.78 bits per heavy atom. The Morgan fingerprint density at radius 1 is 1.11 bits per heavy atom. The number of fused-ring (bicyclic) bond motifs is 3. The number of carbonyl (C=O) groups is 1. The highest BCUT2D eigenvalue weighted by Crippen LogP contribution is 2.33. The number of hydrogen-bond acceptors (Lipinski definition) is 3. The minimum atomic E-state index is -0.132. The molecule has 0 saturated carbocycles. The summed E-state index contributed by atoms with van der Waals surface area (Å²) < 4.78 is 1.85. The van der Waals surface area contributed by atoms with Crippen LogP contribution >= 0.6 is 34.8 Å². The maximum absolute atomic E-state index is 13.4. The van der Waals surface area contributed by atoms with Crippen molar-refractivity contribution in [2.45, 2.75) is 26.4 Å². The Labute approximate surface area is 225 Å².